The quantitative estimate of drug-likeness (QED) is 0.791. The number of rotatable bonds is 7. The molecular weight excluding hydrogens is 340 g/mol. The van der Waals surface area contributed by atoms with E-state index in [4.69, 9.17) is 0 Å². The third-order valence-electron chi connectivity index (χ3n) is 4.96. The van der Waals surface area contributed by atoms with E-state index >= 15 is 0 Å². The summed E-state index contributed by atoms with van der Waals surface area (Å²) in [6, 6.07) is 17.2. The van der Waals surface area contributed by atoms with Gasteiger partial charge in [-0.2, -0.15) is 0 Å². The van der Waals surface area contributed by atoms with Gasteiger partial charge < -0.3 is 15.3 Å². The smallest absolute Gasteiger partial charge is 0.224 e. The number of benzene rings is 2. The van der Waals surface area contributed by atoms with E-state index in [1.807, 2.05) is 53.4 Å². The molecule has 1 atom stereocenters. The van der Waals surface area contributed by atoms with Crippen molar-refractivity contribution in [2.45, 2.75) is 32.3 Å². The third-order valence-corrected chi connectivity index (χ3v) is 4.96. The number of aliphatic hydroxyl groups excluding tert-OH is 1. The second-order valence-corrected chi connectivity index (χ2v) is 7.09. The van der Waals surface area contributed by atoms with Gasteiger partial charge in [0.1, 0.15) is 0 Å². The highest BCUT2D eigenvalue weighted by Crippen LogP contribution is 2.22. The van der Waals surface area contributed by atoms with Crippen molar-refractivity contribution in [2.24, 2.45) is 5.92 Å². The van der Waals surface area contributed by atoms with Crippen molar-refractivity contribution in [2.75, 3.05) is 18.4 Å². The second kappa shape index (κ2) is 9.33. The number of aliphatic hydroxyl groups is 1. The van der Waals surface area contributed by atoms with E-state index in [2.05, 4.69) is 11.4 Å². The molecule has 27 heavy (non-hydrogen) atoms. The molecule has 1 aliphatic rings. The SMILES string of the molecule is O=C(CCC(=O)N1CC[C@H](Cc2cccc(CO)c2)C1)Nc1ccccc1. The van der Waals surface area contributed by atoms with Crippen molar-refractivity contribution in [3.63, 3.8) is 0 Å². The minimum atomic E-state index is -0.133. The summed E-state index contributed by atoms with van der Waals surface area (Å²) in [5.74, 6) is 0.344. The van der Waals surface area contributed by atoms with Gasteiger partial charge in [-0.25, -0.2) is 0 Å². The van der Waals surface area contributed by atoms with E-state index in [9.17, 15) is 14.7 Å². The molecule has 0 aromatic heterocycles. The van der Waals surface area contributed by atoms with Crippen LogP contribution in [-0.2, 0) is 22.6 Å². The lowest BCUT2D eigenvalue weighted by molar-refractivity contribution is -0.132. The maximum Gasteiger partial charge on any atom is 0.224 e. The number of carbonyl (C=O) groups is 2. The highest BCUT2D eigenvalue weighted by Gasteiger charge is 2.26. The molecule has 142 valence electrons. The first kappa shape index (κ1) is 19.1. The number of nitrogens with one attached hydrogen (secondary N) is 1. The van der Waals surface area contributed by atoms with Crippen LogP contribution in [0.2, 0.25) is 0 Å². The van der Waals surface area contributed by atoms with Crippen LogP contribution in [0.15, 0.2) is 54.6 Å². The van der Waals surface area contributed by atoms with Crippen LogP contribution in [-0.4, -0.2) is 34.9 Å². The molecule has 2 N–H and O–H groups in total. The minimum Gasteiger partial charge on any atom is -0.392 e. The number of nitrogens with zero attached hydrogens (tertiary/aromatic N) is 1. The van der Waals surface area contributed by atoms with Crippen molar-refractivity contribution in [3.05, 3.63) is 65.7 Å². The zero-order valence-electron chi connectivity index (χ0n) is 15.4. The van der Waals surface area contributed by atoms with Gasteiger partial charge in [0, 0.05) is 31.6 Å². The summed E-state index contributed by atoms with van der Waals surface area (Å²) in [5, 5.41) is 12.1. The van der Waals surface area contributed by atoms with E-state index in [-0.39, 0.29) is 31.3 Å². The first-order valence-electron chi connectivity index (χ1n) is 9.45. The van der Waals surface area contributed by atoms with Gasteiger partial charge in [-0.3, -0.25) is 9.59 Å². The molecule has 2 aromatic rings. The summed E-state index contributed by atoms with van der Waals surface area (Å²) < 4.78 is 0. The van der Waals surface area contributed by atoms with Crippen LogP contribution in [0.5, 0.6) is 0 Å². The Hall–Kier alpha value is -2.66. The van der Waals surface area contributed by atoms with Gasteiger partial charge >= 0.3 is 0 Å². The zero-order valence-corrected chi connectivity index (χ0v) is 15.4. The number of carbonyl (C=O) groups excluding carboxylic acids is 2. The Morgan fingerprint density at radius 2 is 1.81 bits per heavy atom. The Morgan fingerprint density at radius 3 is 2.59 bits per heavy atom. The van der Waals surface area contributed by atoms with E-state index in [1.54, 1.807) is 0 Å². The van der Waals surface area contributed by atoms with Crippen LogP contribution in [0, 0.1) is 5.92 Å². The van der Waals surface area contributed by atoms with Crippen molar-refractivity contribution >= 4 is 17.5 Å². The monoisotopic (exact) mass is 366 g/mol. The molecule has 1 heterocycles. The summed E-state index contributed by atoms with van der Waals surface area (Å²) in [6.07, 6.45) is 2.33. The number of para-hydroxylation sites is 1. The molecule has 5 heteroatoms. The fourth-order valence-corrected chi connectivity index (χ4v) is 3.54. The molecule has 0 radical (unpaired) electrons. The molecule has 5 nitrogen and oxygen atoms in total. The summed E-state index contributed by atoms with van der Waals surface area (Å²) in [7, 11) is 0. The van der Waals surface area contributed by atoms with Gasteiger partial charge in [-0.15, -0.1) is 0 Å². The molecule has 1 aliphatic heterocycles. The summed E-state index contributed by atoms with van der Waals surface area (Å²) in [5.41, 5.74) is 2.87. The van der Waals surface area contributed by atoms with Gasteiger partial charge in [0.15, 0.2) is 0 Å². The van der Waals surface area contributed by atoms with Crippen molar-refractivity contribution < 1.29 is 14.7 Å². The maximum absolute atomic E-state index is 12.4. The second-order valence-electron chi connectivity index (χ2n) is 7.09. The lowest BCUT2D eigenvalue weighted by atomic mass is 9.97. The number of amides is 2. The molecule has 2 aromatic carbocycles. The minimum absolute atomic E-state index is 0.0461. The fraction of sp³-hybridized carbons (Fsp3) is 0.364. The summed E-state index contributed by atoms with van der Waals surface area (Å²) >= 11 is 0. The Kier molecular flexibility index (Phi) is 6.60. The van der Waals surface area contributed by atoms with Crippen molar-refractivity contribution in [1.82, 2.24) is 4.90 Å². The van der Waals surface area contributed by atoms with Crippen molar-refractivity contribution in [1.29, 1.82) is 0 Å². The molecule has 0 aliphatic carbocycles. The molecular formula is C22H26N2O3. The van der Waals surface area contributed by atoms with E-state index in [0.717, 1.165) is 37.2 Å². The fourth-order valence-electron chi connectivity index (χ4n) is 3.54. The van der Waals surface area contributed by atoms with Crippen LogP contribution in [0.3, 0.4) is 0 Å². The largest absolute Gasteiger partial charge is 0.392 e. The first-order valence-corrected chi connectivity index (χ1v) is 9.45. The van der Waals surface area contributed by atoms with Crippen molar-refractivity contribution in [3.8, 4) is 0 Å². The third kappa shape index (κ3) is 5.66. The molecule has 0 bridgehead atoms. The highest BCUT2D eigenvalue weighted by molar-refractivity contribution is 5.93. The molecule has 1 saturated heterocycles. The molecule has 3 rings (SSSR count). The van der Waals surface area contributed by atoms with E-state index in [1.165, 1.54) is 5.56 Å². The average Bonchev–Trinajstić information content (AvgIpc) is 3.15. The Morgan fingerprint density at radius 1 is 1.04 bits per heavy atom. The van der Waals surface area contributed by atoms with Gasteiger partial charge in [-0.1, -0.05) is 42.5 Å². The zero-order chi connectivity index (χ0) is 19.1. The Labute approximate surface area is 160 Å². The van der Waals surface area contributed by atoms with Gasteiger partial charge in [-0.05, 0) is 42.0 Å². The lowest BCUT2D eigenvalue weighted by Gasteiger charge is -2.17. The number of likely N-dealkylation sites (tertiary alicyclic amines) is 1. The highest BCUT2D eigenvalue weighted by atomic mass is 16.3. The van der Waals surface area contributed by atoms with Crippen LogP contribution in [0.4, 0.5) is 5.69 Å². The van der Waals surface area contributed by atoms with Crippen LogP contribution in [0.25, 0.3) is 0 Å². The predicted molar refractivity (Wildman–Crippen MR) is 105 cm³/mol. The Bertz CT molecular complexity index is 776. The standard InChI is InChI=1S/C22H26N2O3/c25-16-19-6-4-5-17(14-19)13-18-11-12-24(15-18)22(27)10-9-21(26)23-20-7-2-1-3-8-20/h1-8,14,18,25H,9-13,15-16H2,(H,23,26)/t18-/m1/s1. The van der Waals surface area contributed by atoms with Crippen LogP contribution < -0.4 is 5.32 Å². The molecule has 0 saturated carbocycles. The Balaban J connectivity index is 1.42. The lowest BCUT2D eigenvalue weighted by Crippen LogP contribution is -2.29. The van der Waals surface area contributed by atoms with Gasteiger partial charge in [0.2, 0.25) is 11.8 Å². The molecule has 0 spiro atoms. The van der Waals surface area contributed by atoms with Crippen LogP contribution in [0.1, 0.15) is 30.4 Å². The van der Waals surface area contributed by atoms with E-state index < -0.39 is 0 Å². The predicted octanol–water partition coefficient (Wildman–Crippen LogP) is 2.99. The summed E-state index contributed by atoms with van der Waals surface area (Å²) in [6.45, 7) is 1.54. The maximum atomic E-state index is 12.4. The first-order chi connectivity index (χ1) is 13.1. The van der Waals surface area contributed by atoms with Crippen LogP contribution >= 0.6 is 0 Å². The molecule has 0 unspecified atom stereocenters. The normalized spacial score (nSPS) is 16.3. The number of anilines is 1. The van der Waals surface area contributed by atoms with Gasteiger partial charge in [0.05, 0.1) is 6.61 Å². The average molecular weight is 366 g/mol. The molecule has 1 fully saturated rings. The number of hydrogen-bond donors (Lipinski definition) is 2. The molecule has 2 amide bonds. The van der Waals surface area contributed by atoms with Gasteiger partial charge in [0.25, 0.3) is 0 Å². The topological polar surface area (TPSA) is 69.6 Å². The van der Waals surface area contributed by atoms with E-state index in [0.29, 0.717) is 5.92 Å². The number of hydrogen-bond acceptors (Lipinski definition) is 3. The summed E-state index contributed by atoms with van der Waals surface area (Å²) in [4.78, 5) is 26.3.